The molecular formula is C19H17ClFN3O. The zero-order chi connectivity index (χ0) is 18.0. The van der Waals surface area contributed by atoms with Gasteiger partial charge in [0.15, 0.2) is 0 Å². The Bertz CT molecular complexity index is 849. The monoisotopic (exact) mass is 357 g/mol. The van der Waals surface area contributed by atoms with Crippen LogP contribution in [0.4, 0.5) is 10.1 Å². The summed E-state index contributed by atoms with van der Waals surface area (Å²) < 4.78 is 14.1. The molecule has 6 heteroatoms. The molecule has 1 aliphatic rings. The van der Waals surface area contributed by atoms with Crippen molar-refractivity contribution >= 4 is 23.2 Å². The van der Waals surface area contributed by atoms with Gasteiger partial charge in [0.2, 0.25) is 5.91 Å². The fraction of sp³-hybridized carbons (Fsp3) is 0.263. The van der Waals surface area contributed by atoms with Crippen LogP contribution >= 0.6 is 11.6 Å². The molecule has 0 unspecified atom stereocenters. The van der Waals surface area contributed by atoms with Gasteiger partial charge >= 0.3 is 0 Å². The molecule has 128 valence electrons. The Morgan fingerprint density at radius 2 is 2.12 bits per heavy atom. The number of nitriles is 1. The number of rotatable bonds is 4. The number of nitrogens with zero attached hydrogens (tertiary/aromatic N) is 3. The quantitative estimate of drug-likeness (QED) is 0.840. The van der Waals surface area contributed by atoms with Gasteiger partial charge in [-0.3, -0.25) is 4.79 Å². The first-order chi connectivity index (χ1) is 12.0. The van der Waals surface area contributed by atoms with E-state index in [2.05, 4.69) is 0 Å². The average molecular weight is 358 g/mol. The summed E-state index contributed by atoms with van der Waals surface area (Å²) >= 11 is 6.17. The second kappa shape index (κ2) is 7.12. The highest BCUT2D eigenvalue weighted by Gasteiger charge is 2.32. The highest BCUT2D eigenvalue weighted by molar-refractivity contribution is 6.32. The first kappa shape index (κ1) is 17.2. The molecule has 1 atom stereocenters. The van der Waals surface area contributed by atoms with Gasteiger partial charge < -0.3 is 9.80 Å². The summed E-state index contributed by atoms with van der Waals surface area (Å²) in [6.45, 7) is 0.881. The van der Waals surface area contributed by atoms with Crippen molar-refractivity contribution in [3.8, 4) is 6.07 Å². The first-order valence-corrected chi connectivity index (χ1v) is 8.31. The van der Waals surface area contributed by atoms with E-state index in [1.54, 1.807) is 48.3 Å². The van der Waals surface area contributed by atoms with E-state index in [1.165, 1.54) is 6.07 Å². The molecule has 1 fully saturated rings. The zero-order valence-electron chi connectivity index (χ0n) is 13.7. The number of benzene rings is 2. The van der Waals surface area contributed by atoms with Crippen LogP contribution in [-0.4, -0.2) is 30.4 Å². The van der Waals surface area contributed by atoms with E-state index < -0.39 is 0 Å². The van der Waals surface area contributed by atoms with Gasteiger partial charge in [0.1, 0.15) is 11.9 Å². The normalized spacial score (nSPS) is 16.8. The third-order valence-corrected chi connectivity index (χ3v) is 4.78. The van der Waals surface area contributed by atoms with E-state index in [9.17, 15) is 9.18 Å². The van der Waals surface area contributed by atoms with Crippen LogP contribution in [0.15, 0.2) is 42.5 Å². The molecule has 0 spiro atoms. The summed E-state index contributed by atoms with van der Waals surface area (Å²) in [5.41, 5.74) is 1.70. The number of carbonyl (C=O) groups is 1. The summed E-state index contributed by atoms with van der Waals surface area (Å²) in [6, 6.07) is 13.7. The molecule has 0 saturated carbocycles. The molecule has 3 rings (SSSR count). The summed E-state index contributed by atoms with van der Waals surface area (Å²) in [4.78, 5) is 15.6. The van der Waals surface area contributed by atoms with Gasteiger partial charge in [-0.15, -0.1) is 0 Å². The molecule has 0 radical (unpaired) electrons. The molecule has 4 nitrogen and oxygen atoms in total. The lowest BCUT2D eigenvalue weighted by Crippen LogP contribution is -2.37. The summed E-state index contributed by atoms with van der Waals surface area (Å²) in [6.07, 6.45) is 0.364. The third-order valence-electron chi connectivity index (χ3n) is 4.46. The Morgan fingerprint density at radius 3 is 2.72 bits per heavy atom. The topological polar surface area (TPSA) is 47.3 Å². The molecular weight excluding hydrogens is 341 g/mol. The van der Waals surface area contributed by atoms with E-state index in [4.69, 9.17) is 16.9 Å². The highest BCUT2D eigenvalue weighted by Crippen LogP contribution is 2.29. The molecule has 1 heterocycles. The predicted molar refractivity (Wildman–Crippen MR) is 94.8 cm³/mol. The van der Waals surface area contributed by atoms with Gasteiger partial charge in [-0.2, -0.15) is 5.26 Å². The average Bonchev–Trinajstić information content (AvgIpc) is 2.93. The summed E-state index contributed by atoms with van der Waals surface area (Å²) in [5.74, 6) is -0.229. The third kappa shape index (κ3) is 3.59. The van der Waals surface area contributed by atoms with Crippen molar-refractivity contribution in [3.63, 3.8) is 0 Å². The Kier molecular flexibility index (Phi) is 4.91. The van der Waals surface area contributed by atoms with Crippen molar-refractivity contribution in [2.75, 3.05) is 18.5 Å². The lowest BCUT2D eigenvalue weighted by molar-refractivity contribution is -0.126. The number of carbonyl (C=O) groups excluding carboxylic acids is 1. The van der Waals surface area contributed by atoms with Crippen LogP contribution in [0.1, 0.15) is 17.5 Å². The minimum atomic E-state index is -0.287. The van der Waals surface area contributed by atoms with E-state index in [0.717, 1.165) is 5.69 Å². The second-order valence-electron chi connectivity index (χ2n) is 6.13. The molecule has 1 amide bonds. The van der Waals surface area contributed by atoms with Gasteiger partial charge in [-0.25, -0.2) is 4.39 Å². The van der Waals surface area contributed by atoms with Crippen LogP contribution in [0.3, 0.4) is 0 Å². The maximum Gasteiger partial charge on any atom is 0.224 e. The maximum absolute atomic E-state index is 14.1. The van der Waals surface area contributed by atoms with Gasteiger partial charge in [0, 0.05) is 37.8 Å². The van der Waals surface area contributed by atoms with Gasteiger partial charge in [0.25, 0.3) is 0 Å². The number of likely N-dealkylation sites (N-methyl/N-ethyl adjacent to an activating group) is 1. The molecule has 2 aromatic carbocycles. The molecule has 2 aromatic rings. The van der Waals surface area contributed by atoms with Gasteiger partial charge in [0.05, 0.1) is 16.6 Å². The Hall–Kier alpha value is -2.58. The van der Waals surface area contributed by atoms with Gasteiger partial charge in [-0.05, 0) is 24.3 Å². The number of anilines is 1. The summed E-state index contributed by atoms with van der Waals surface area (Å²) in [5, 5.41) is 9.40. The van der Waals surface area contributed by atoms with Gasteiger partial charge in [-0.1, -0.05) is 29.8 Å². The van der Waals surface area contributed by atoms with Crippen LogP contribution in [0.2, 0.25) is 5.02 Å². The fourth-order valence-corrected chi connectivity index (χ4v) is 3.28. The maximum atomic E-state index is 14.1. The van der Waals surface area contributed by atoms with Crippen molar-refractivity contribution in [1.29, 1.82) is 5.26 Å². The highest BCUT2D eigenvalue weighted by atomic mass is 35.5. The Balaban J connectivity index is 1.97. The minimum absolute atomic E-state index is 0.0586. The number of hydrogen-bond acceptors (Lipinski definition) is 3. The SMILES string of the molecule is CN1C[C@@H](N(Cc2ccccc2F)c2ccc(C#N)c(Cl)c2)CC1=O. The van der Waals surface area contributed by atoms with E-state index in [0.29, 0.717) is 35.7 Å². The zero-order valence-corrected chi connectivity index (χ0v) is 14.5. The Morgan fingerprint density at radius 1 is 1.36 bits per heavy atom. The van der Waals surface area contributed by atoms with E-state index in [-0.39, 0.29) is 17.8 Å². The first-order valence-electron chi connectivity index (χ1n) is 7.93. The van der Waals surface area contributed by atoms with Crippen molar-refractivity contribution in [2.24, 2.45) is 0 Å². The van der Waals surface area contributed by atoms with Crippen molar-refractivity contribution in [3.05, 3.63) is 64.4 Å². The van der Waals surface area contributed by atoms with Crippen molar-refractivity contribution < 1.29 is 9.18 Å². The van der Waals surface area contributed by atoms with Crippen molar-refractivity contribution in [2.45, 2.75) is 19.0 Å². The molecule has 1 saturated heterocycles. The molecule has 0 aliphatic carbocycles. The lowest BCUT2D eigenvalue weighted by atomic mass is 10.1. The van der Waals surface area contributed by atoms with Crippen LogP contribution < -0.4 is 4.90 Å². The number of hydrogen-bond donors (Lipinski definition) is 0. The van der Waals surface area contributed by atoms with Crippen LogP contribution in [0.5, 0.6) is 0 Å². The fourth-order valence-electron chi connectivity index (χ4n) is 3.06. The molecule has 25 heavy (non-hydrogen) atoms. The van der Waals surface area contributed by atoms with Crippen molar-refractivity contribution in [1.82, 2.24) is 4.90 Å². The molecule has 0 N–H and O–H groups in total. The van der Waals surface area contributed by atoms with E-state index >= 15 is 0 Å². The number of halogens is 2. The second-order valence-corrected chi connectivity index (χ2v) is 6.53. The standard InChI is InChI=1S/C19H17ClFN3O/c1-23-12-16(9-19(23)25)24(11-14-4-2-3-5-18(14)21)15-7-6-13(10-22)17(20)8-15/h2-8,16H,9,11-12H2,1H3/t16-/m0/s1. The lowest BCUT2D eigenvalue weighted by Gasteiger charge is -2.31. The molecule has 1 aliphatic heterocycles. The van der Waals surface area contributed by atoms with E-state index in [1.807, 2.05) is 11.0 Å². The Labute approximate surface area is 151 Å². The minimum Gasteiger partial charge on any atom is -0.362 e. The smallest absolute Gasteiger partial charge is 0.224 e. The number of amides is 1. The van der Waals surface area contributed by atoms with Crippen LogP contribution in [0.25, 0.3) is 0 Å². The number of likely N-dealkylation sites (tertiary alicyclic amines) is 1. The molecule has 0 bridgehead atoms. The van der Waals surface area contributed by atoms with Crippen LogP contribution in [0, 0.1) is 17.1 Å². The summed E-state index contributed by atoms with van der Waals surface area (Å²) in [7, 11) is 1.76. The predicted octanol–water partition coefficient (Wildman–Crippen LogP) is 3.59. The molecule has 0 aromatic heterocycles. The largest absolute Gasteiger partial charge is 0.362 e. The van der Waals surface area contributed by atoms with Crippen LogP contribution in [-0.2, 0) is 11.3 Å².